The van der Waals surface area contributed by atoms with Crippen LogP contribution < -0.4 is 11.2 Å². The van der Waals surface area contributed by atoms with Crippen LogP contribution in [0.3, 0.4) is 0 Å². The summed E-state index contributed by atoms with van der Waals surface area (Å²) in [7, 11) is -2.07. The first-order valence-corrected chi connectivity index (χ1v) is 16.2. The number of aromatic amines is 1. The maximum absolute atomic E-state index is 15.1. The minimum absolute atomic E-state index is 0.0273. The van der Waals surface area contributed by atoms with Gasteiger partial charge in [-0.05, 0) is 11.1 Å². The molecule has 0 unspecified atom stereocenters. The van der Waals surface area contributed by atoms with Crippen molar-refractivity contribution in [3.63, 3.8) is 0 Å². The number of hydrogen-bond donors (Lipinski definition) is 2. The quantitative estimate of drug-likeness (QED) is 0.312. The highest BCUT2D eigenvalue weighted by Crippen LogP contribution is 2.46. The number of hydrogen-bond acceptors (Lipinski definition) is 6. The number of alkyl halides is 1. The van der Waals surface area contributed by atoms with E-state index < -0.39 is 49.5 Å². The summed E-state index contributed by atoms with van der Waals surface area (Å²) in [4.78, 5) is 26.7. The van der Waals surface area contributed by atoms with E-state index in [1.54, 1.807) is 0 Å². The number of aromatic nitrogens is 2. The predicted molar refractivity (Wildman–Crippen MR) is 147 cm³/mol. The van der Waals surface area contributed by atoms with Crippen LogP contribution in [-0.4, -0.2) is 53.3 Å². The zero-order chi connectivity index (χ0) is 28.1. The van der Waals surface area contributed by atoms with E-state index in [9.17, 15) is 14.7 Å². The van der Waals surface area contributed by atoms with Crippen LogP contribution in [0.4, 0.5) is 4.39 Å². The summed E-state index contributed by atoms with van der Waals surface area (Å²) in [6.45, 7) is 4.79. The van der Waals surface area contributed by atoms with Gasteiger partial charge in [0.2, 0.25) is 0 Å². The van der Waals surface area contributed by atoms with E-state index in [1.165, 1.54) is 6.20 Å². The molecule has 0 saturated carbocycles. The number of H-pyrrole nitrogens is 1. The van der Waals surface area contributed by atoms with E-state index in [0.29, 0.717) is 0 Å². The molecule has 1 saturated heterocycles. The lowest BCUT2D eigenvalue weighted by Gasteiger charge is -2.34. The summed E-state index contributed by atoms with van der Waals surface area (Å²) in [6.07, 6.45) is -1.64. The molecular weight excluding hydrogens is 519 g/mol. The van der Waals surface area contributed by atoms with Gasteiger partial charge in [-0.2, -0.15) is 0 Å². The summed E-state index contributed by atoms with van der Waals surface area (Å²) in [5, 5.41) is 12.2. The Morgan fingerprint density at radius 3 is 2.21 bits per heavy atom. The normalized spacial score (nSPS) is 24.7. The molecule has 0 bridgehead atoms. The maximum atomic E-state index is 15.1. The zero-order valence-electron chi connectivity index (χ0n) is 22.2. The van der Waals surface area contributed by atoms with Gasteiger partial charge in [0.05, 0.1) is 19.8 Å². The molecule has 10 heteroatoms. The highest BCUT2D eigenvalue weighted by atomic mass is 28.3. The van der Waals surface area contributed by atoms with Crippen LogP contribution in [0.25, 0.3) is 0 Å². The first-order valence-electron chi connectivity index (χ1n) is 12.7. The van der Waals surface area contributed by atoms with Crippen LogP contribution in [0, 0.1) is 11.5 Å². The Kier molecular flexibility index (Phi) is 8.69. The van der Waals surface area contributed by atoms with E-state index in [-0.39, 0.29) is 19.8 Å². The van der Waals surface area contributed by atoms with E-state index in [1.807, 2.05) is 80.3 Å². The van der Waals surface area contributed by atoms with Crippen LogP contribution in [0.2, 0.25) is 19.6 Å². The highest BCUT2D eigenvalue weighted by molar-refractivity contribution is 6.83. The predicted octanol–water partition coefficient (Wildman–Crippen LogP) is 3.19. The minimum atomic E-state index is -2.15. The van der Waals surface area contributed by atoms with Crippen molar-refractivity contribution in [3.8, 4) is 11.5 Å². The number of halogens is 1. The highest BCUT2D eigenvalue weighted by Gasteiger charge is 2.65. The third-order valence-corrected chi connectivity index (χ3v) is 7.16. The van der Waals surface area contributed by atoms with E-state index in [4.69, 9.17) is 14.2 Å². The molecule has 2 N–H and O–H groups in total. The topological polar surface area (TPSA) is 103 Å². The smallest absolute Gasteiger partial charge is 0.330 e. The van der Waals surface area contributed by atoms with Gasteiger partial charge in [-0.1, -0.05) is 86.2 Å². The van der Waals surface area contributed by atoms with Gasteiger partial charge in [-0.25, -0.2) is 9.18 Å². The molecule has 1 aliphatic heterocycles. The molecule has 2 aromatic carbocycles. The van der Waals surface area contributed by atoms with Crippen LogP contribution >= 0.6 is 0 Å². The summed E-state index contributed by atoms with van der Waals surface area (Å²) in [6, 6.07) is 19.7. The Morgan fingerprint density at radius 1 is 1.03 bits per heavy atom. The molecule has 4 rings (SSSR count). The second-order valence-corrected chi connectivity index (χ2v) is 15.4. The fraction of sp³-hybridized carbons (Fsp3) is 0.379. The van der Waals surface area contributed by atoms with Crippen molar-refractivity contribution in [2.45, 2.75) is 56.4 Å². The molecule has 0 spiro atoms. The molecule has 1 aromatic heterocycles. The molecule has 8 nitrogen and oxygen atoms in total. The molecule has 0 amide bonds. The lowest BCUT2D eigenvalue weighted by Crippen LogP contribution is -2.55. The summed E-state index contributed by atoms with van der Waals surface area (Å²) >= 11 is 0. The molecule has 39 heavy (non-hydrogen) atoms. The van der Waals surface area contributed by atoms with Crippen LogP contribution in [-0.2, 0) is 27.4 Å². The summed E-state index contributed by atoms with van der Waals surface area (Å²) in [5.41, 5.74) is -0.621. The monoisotopic (exact) mass is 552 g/mol. The van der Waals surface area contributed by atoms with Gasteiger partial charge in [0.15, 0.2) is 17.4 Å². The third-order valence-electron chi connectivity index (χ3n) is 6.29. The molecule has 3 aromatic rings. The lowest BCUT2D eigenvalue weighted by molar-refractivity contribution is -0.165. The Balaban J connectivity index is 1.79. The molecule has 1 aliphatic rings. The standard InChI is InChI=1S/C29H33FN2O6Si/c1-39(2,3)17-15-29(35)25(37-19-23-12-8-5-9-13-23)28(20-30,21-36-18-22-10-6-4-7-11-22)38-26(29)32-16-14-24(33)31-27(32)34/h4-14,16,25-26,35H,18-21H2,1-3H3,(H,31,33,34)/t25-,26-,28-,29+/m1/s1. The Morgan fingerprint density at radius 2 is 1.64 bits per heavy atom. The van der Waals surface area contributed by atoms with E-state index in [2.05, 4.69) is 16.4 Å². The first kappa shape index (κ1) is 28.7. The van der Waals surface area contributed by atoms with E-state index in [0.717, 1.165) is 21.8 Å². The fourth-order valence-electron chi connectivity index (χ4n) is 4.40. The Hall–Kier alpha value is -3.33. The van der Waals surface area contributed by atoms with Crippen molar-refractivity contribution in [1.29, 1.82) is 0 Å². The molecule has 0 aliphatic carbocycles. The van der Waals surface area contributed by atoms with Gasteiger partial charge < -0.3 is 19.3 Å². The Bertz CT molecular complexity index is 1430. The van der Waals surface area contributed by atoms with Crippen molar-refractivity contribution in [2.24, 2.45) is 0 Å². The number of rotatable bonds is 9. The molecule has 2 heterocycles. The van der Waals surface area contributed by atoms with Crippen LogP contribution in [0.5, 0.6) is 0 Å². The molecule has 206 valence electrons. The molecule has 0 radical (unpaired) electrons. The van der Waals surface area contributed by atoms with Crippen molar-refractivity contribution in [2.75, 3.05) is 13.3 Å². The number of nitrogens with one attached hydrogen (secondary N) is 1. The van der Waals surface area contributed by atoms with Crippen LogP contribution in [0.1, 0.15) is 17.4 Å². The van der Waals surface area contributed by atoms with Gasteiger partial charge in [0.25, 0.3) is 5.56 Å². The molecule has 4 atom stereocenters. The fourth-order valence-corrected chi connectivity index (χ4v) is 4.97. The SMILES string of the molecule is C[Si](C)(C)C#C[C@]1(O)[C@H](OCc2ccccc2)[C@@](CF)(COCc2ccccc2)O[C@H]1n1ccc(=O)[nH]c1=O. The zero-order valence-corrected chi connectivity index (χ0v) is 23.2. The van der Waals surface area contributed by atoms with Gasteiger partial charge >= 0.3 is 5.69 Å². The Labute approximate surface area is 227 Å². The third kappa shape index (κ3) is 6.64. The van der Waals surface area contributed by atoms with Crippen molar-refractivity contribution < 1.29 is 23.7 Å². The average Bonchev–Trinajstić information content (AvgIpc) is 3.15. The van der Waals surface area contributed by atoms with Gasteiger partial charge in [0, 0.05) is 12.3 Å². The summed E-state index contributed by atoms with van der Waals surface area (Å²) in [5.74, 6) is 2.92. The van der Waals surface area contributed by atoms with Crippen molar-refractivity contribution >= 4 is 8.07 Å². The molecule has 1 fully saturated rings. The number of ether oxygens (including phenoxy) is 3. The summed E-state index contributed by atoms with van der Waals surface area (Å²) < 4.78 is 34.5. The first-order chi connectivity index (χ1) is 18.6. The van der Waals surface area contributed by atoms with Crippen molar-refractivity contribution in [1.82, 2.24) is 9.55 Å². The van der Waals surface area contributed by atoms with Gasteiger partial charge in [0.1, 0.15) is 20.9 Å². The second kappa shape index (κ2) is 11.8. The number of aliphatic hydroxyl groups is 1. The largest absolute Gasteiger partial charge is 0.374 e. The van der Waals surface area contributed by atoms with Crippen molar-refractivity contribution in [3.05, 3.63) is 105 Å². The van der Waals surface area contributed by atoms with Crippen LogP contribution in [0.15, 0.2) is 82.5 Å². The minimum Gasteiger partial charge on any atom is -0.374 e. The average molecular weight is 553 g/mol. The molecular formula is C29H33FN2O6Si. The van der Waals surface area contributed by atoms with Gasteiger partial charge in [-0.15, -0.1) is 5.54 Å². The van der Waals surface area contributed by atoms with Gasteiger partial charge in [-0.3, -0.25) is 14.3 Å². The lowest BCUT2D eigenvalue weighted by atomic mass is 9.87. The second-order valence-electron chi connectivity index (χ2n) is 10.7. The number of benzene rings is 2. The maximum Gasteiger partial charge on any atom is 0.330 e. The van der Waals surface area contributed by atoms with E-state index >= 15 is 4.39 Å². The number of nitrogens with zero attached hydrogens (tertiary/aromatic N) is 1.